The summed E-state index contributed by atoms with van der Waals surface area (Å²) in [4.78, 5) is 6.59. The lowest BCUT2D eigenvalue weighted by atomic mass is 10.1. The summed E-state index contributed by atoms with van der Waals surface area (Å²) < 4.78 is 3.94. The highest BCUT2D eigenvalue weighted by Crippen LogP contribution is 2.09. The highest BCUT2D eigenvalue weighted by atomic mass is 32.1. The van der Waals surface area contributed by atoms with Crippen molar-refractivity contribution in [1.82, 2.24) is 14.3 Å². The zero-order chi connectivity index (χ0) is 9.64. The van der Waals surface area contributed by atoms with Crippen molar-refractivity contribution in [2.24, 2.45) is 0 Å². The fraction of sp³-hybridized carbons (Fsp3) is 0.778. The minimum absolute atomic E-state index is 0.932. The molecule has 5 heteroatoms. The number of nitrogens with zero attached hydrogens (tertiary/aromatic N) is 3. The predicted octanol–water partition coefficient (Wildman–Crippen LogP) is 1.44. The third-order valence-electron chi connectivity index (χ3n) is 2.51. The molecule has 78 valence electrons. The maximum Gasteiger partial charge on any atom is 0.202 e. The summed E-state index contributed by atoms with van der Waals surface area (Å²) in [5.41, 5.74) is 0. The second kappa shape index (κ2) is 5.26. The first-order valence-corrected chi connectivity index (χ1v) is 5.95. The predicted molar refractivity (Wildman–Crippen MR) is 58.7 cm³/mol. The molecule has 1 fully saturated rings. The minimum atomic E-state index is 0.932. The Labute approximate surface area is 88.5 Å². The lowest BCUT2D eigenvalue weighted by Gasteiger charge is -2.26. The van der Waals surface area contributed by atoms with Gasteiger partial charge >= 0.3 is 0 Å². The van der Waals surface area contributed by atoms with Gasteiger partial charge in [-0.25, -0.2) is 4.98 Å². The van der Waals surface area contributed by atoms with Crippen LogP contribution in [0.2, 0.25) is 0 Å². The topological polar surface area (TPSA) is 41.1 Å². The summed E-state index contributed by atoms with van der Waals surface area (Å²) >= 11 is 1.42. The average molecular weight is 212 g/mol. The molecule has 0 spiro atoms. The van der Waals surface area contributed by atoms with Crippen LogP contribution >= 0.6 is 11.5 Å². The molecule has 0 atom stereocenters. The molecule has 0 amide bonds. The van der Waals surface area contributed by atoms with Crippen LogP contribution in [0.5, 0.6) is 0 Å². The lowest BCUT2D eigenvalue weighted by molar-refractivity contribution is 0.237. The third kappa shape index (κ3) is 2.92. The lowest BCUT2D eigenvalue weighted by Crippen LogP contribution is -2.33. The van der Waals surface area contributed by atoms with Crippen molar-refractivity contribution in [3.05, 3.63) is 6.33 Å². The van der Waals surface area contributed by atoms with Crippen molar-refractivity contribution < 1.29 is 0 Å². The van der Waals surface area contributed by atoms with Crippen LogP contribution < -0.4 is 5.32 Å². The first-order valence-electron chi connectivity index (χ1n) is 5.18. The Hall–Kier alpha value is -0.680. The average Bonchev–Trinajstić information content (AvgIpc) is 2.72. The standard InChI is InChI=1S/C9H16N4S/c1-2-5-13(6-3-1)7-4-10-9-11-8-12-14-9/h8H,1-7H2,(H,10,11,12). The van der Waals surface area contributed by atoms with Crippen molar-refractivity contribution in [2.75, 3.05) is 31.5 Å². The van der Waals surface area contributed by atoms with Gasteiger partial charge in [0.05, 0.1) is 0 Å². The van der Waals surface area contributed by atoms with Crippen molar-refractivity contribution >= 4 is 16.7 Å². The van der Waals surface area contributed by atoms with E-state index < -0.39 is 0 Å². The molecule has 1 aromatic heterocycles. The maximum atomic E-state index is 4.08. The number of likely N-dealkylation sites (tertiary alicyclic amines) is 1. The van der Waals surface area contributed by atoms with Gasteiger partial charge in [0.15, 0.2) is 0 Å². The van der Waals surface area contributed by atoms with E-state index in [9.17, 15) is 0 Å². The van der Waals surface area contributed by atoms with E-state index in [0.717, 1.165) is 18.2 Å². The molecule has 4 nitrogen and oxygen atoms in total. The van der Waals surface area contributed by atoms with Crippen molar-refractivity contribution in [3.63, 3.8) is 0 Å². The van der Waals surface area contributed by atoms with E-state index in [1.54, 1.807) is 6.33 Å². The molecule has 0 saturated carbocycles. The molecule has 0 aliphatic carbocycles. The number of anilines is 1. The van der Waals surface area contributed by atoms with Crippen LogP contribution in [0, 0.1) is 0 Å². The van der Waals surface area contributed by atoms with E-state index in [1.807, 2.05) is 0 Å². The van der Waals surface area contributed by atoms with Gasteiger partial charge in [-0.1, -0.05) is 6.42 Å². The van der Waals surface area contributed by atoms with Crippen LogP contribution in [0.25, 0.3) is 0 Å². The molecule has 14 heavy (non-hydrogen) atoms. The number of hydrogen-bond acceptors (Lipinski definition) is 5. The Morgan fingerprint density at radius 2 is 2.21 bits per heavy atom. The van der Waals surface area contributed by atoms with E-state index >= 15 is 0 Å². The number of aromatic nitrogens is 2. The van der Waals surface area contributed by atoms with Gasteiger partial charge in [-0.3, -0.25) is 0 Å². The molecular formula is C9H16N4S. The van der Waals surface area contributed by atoms with Crippen molar-refractivity contribution in [2.45, 2.75) is 19.3 Å². The molecule has 2 rings (SSSR count). The molecule has 0 unspecified atom stereocenters. The Morgan fingerprint density at radius 1 is 1.36 bits per heavy atom. The van der Waals surface area contributed by atoms with Crippen LogP contribution in [0.15, 0.2) is 6.33 Å². The summed E-state index contributed by atoms with van der Waals surface area (Å²) in [6, 6.07) is 0. The second-order valence-corrected chi connectivity index (χ2v) is 4.36. The molecule has 2 heterocycles. The Balaban J connectivity index is 1.62. The van der Waals surface area contributed by atoms with Gasteiger partial charge in [0.1, 0.15) is 6.33 Å². The minimum Gasteiger partial charge on any atom is -0.359 e. The van der Waals surface area contributed by atoms with Gasteiger partial charge in [-0.15, -0.1) is 0 Å². The quantitative estimate of drug-likeness (QED) is 0.820. The second-order valence-electron chi connectivity index (χ2n) is 3.58. The molecular weight excluding hydrogens is 196 g/mol. The number of hydrogen-bond donors (Lipinski definition) is 1. The molecule has 1 aromatic rings. The molecule has 1 N–H and O–H groups in total. The Bertz CT molecular complexity index is 243. The Morgan fingerprint density at radius 3 is 2.93 bits per heavy atom. The van der Waals surface area contributed by atoms with Gasteiger partial charge in [-0.05, 0) is 25.9 Å². The maximum absolute atomic E-state index is 4.08. The summed E-state index contributed by atoms with van der Waals surface area (Å²) in [5, 5.41) is 4.21. The first-order chi connectivity index (χ1) is 6.95. The largest absolute Gasteiger partial charge is 0.359 e. The fourth-order valence-corrected chi connectivity index (χ4v) is 2.21. The molecule has 0 radical (unpaired) electrons. The van der Waals surface area contributed by atoms with Gasteiger partial charge < -0.3 is 10.2 Å². The van der Waals surface area contributed by atoms with E-state index in [4.69, 9.17) is 0 Å². The highest BCUT2D eigenvalue weighted by molar-refractivity contribution is 7.09. The normalized spacial score (nSPS) is 18.3. The third-order valence-corrected chi connectivity index (χ3v) is 3.14. The van der Waals surface area contributed by atoms with Gasteiger partial charge in [0, 0.05) is 24.6 Å². The van der Waals surface area contributed by atoms with E-state index in [0.29, 0.717) is 0 Å². The fourth-order valence-electron chi connectivity index (χ4n) is 1.75. The monoisotopic (exact) mass is 212 g/mol. The molecule has 1 saturated heterocycles. The van der Waals surface area contributed by atoms with Crippen LogP contribution in [-0.2, 0) is 0 Å². The van der Waals surface area contributed by atoms with Crippen LogP contribution in [-0.4, -0.2) is 40.4 Å². The summed E-state index contributed by atoms with van der Waals surface area (Å²) in [6.07, 6.45) is 5.71. The molecule has 0 aromatic carbocycles. The zero-order valence-corrected chi connectivity index (χ0v) is 9.09. The van der Waals surface area contributed by atoms with Crippen molar-refractivity contribution in [3.8, 4) is 0 Å². The van der Waals surface area contributed by atoms with Gasteiger partial charge in [0.2, 0.25) is 5.13 Å². The number of rotatable bonds is 4. The summed E-state index contributed by atoms with van der Waals surface area (Å²) in [5.74, 6) is 0. The van der Waals surface area contributed by atoms with Crippen LogP contribution in [0.3, 0.4) is 0 Å². The van der Waals surface area contributed by atoms with Gasteiger partial charge in [-0.2, -0.15) is 4.37 Å². The zero-order valence-electron chi connectivity index (χ0n) is 8.28. The highest BCUT2D eigenvalue weighted by Gasteiger charge is 2.08. The van der Waals surface area contributed by atoms with Crippen LogP contribution in [0.4, 0.5) is 5.13 Å². The van der Waals surface area contributed by atoms with Crippen LogP contribution in [0.1, 0.15) is 19.3 Å². The molecule has 0 bridgehead atoms. The summed E-state index contributed by atoms with van der Waals surface area (Å²) in [6.45, 7) is 4.63. The van der Waals surface area contributed by atoms with Crippen molar-refractivity contribution in [1.29, 1.82) is 0 Å². The summed E-state index contributed by atoms with van der Waals surface area (Å²) in [7, 11) is 0. The van der Waals surface area contributed by atoms with E-state index in [1.165, 1.54) is 43.9 Å². The smallest absolute Gasteiger partial charge is 0.202 e. The Kier molecular flexibility index (Phi) is 3.71. The van der Waals surface area contributed by atoms with Gasteiger partial charge in [0.25, 0.3) is 0 Å². The first kappa shape index (κ1) is 9.86. The SMILES string of the molecule is c1nsc(NCCN2CCCCC2)n1. The number of piperidine rings is 1. The number of nitrogens with one attached hydrogen (secondary N) is 1. The molecule has 1 aliphatic rings. The van der Waals surface area contributed by atoms with E-state index in [-0.39, 0.29) is 0 Å². The molecule has 1 aliphatic heterocycles. The van der Waals surface area contributed by atoms with E-state index in [2.05, 4.69) is 19.6 Å².